The summed E-state index contributed by atoms with van der Waals surface area (Å²) in [6.07, 6.45) is 4.37. The van der Waals surface area contributed by atoms with E-state index in [2.05, 4.69) is 29.7 Å². The van der Waals surface area contributed by atoms with Crippen molar-refractivity contribution in [2.45, 2.75) is 71.1 Å². The molecule has 1 saturated carbocycles. The van der Waals surface area contributed by atoms with E-state index in [0.29, 0.717) is 6.04 Å². The molecule has 4 heteroatoms. The highest BCUT2D eigenvalue weighted by Gasteiger charge is 2.29. The average Bonchev–Trinajstić information content (AvgIpc) is 3.34. The summed E-state index contributed by atoms with van der Waals surface area (Å²) in [6, 6.07) is 10.7. The van der Waals surface area contributed by atoms with Crippen LogP contribution in [0.1, 0.15) is 65.0 Å². The highest BCUT2D eigenvalue weighted by Crippen LogP contribution is 2.34. The molecule has 0 radical (unpaired) electrons. The van der Waals surface area contributed by atoms with E-state index < -0.39 is 5.60 Å². The maximum Gasteiger partial charge on any atom is 0.408 e. The molecule has 1 aromatic carbocycles. The van der Waals surface area contributed by atoms with Crippen molar-refractivity contribution in [3.8, 4) is 0 Å². The first kappa shape index (κ1) is 18.8. The average molecular weight is 332 g/mol. The van der Waals surface area contributed by atoms with E-state index in [4.69, 9.17) is 4.74 Å². The van der Waals surface area contributed by atoms with Gasteiger partial charge >= 0.3 is 6.09 Å². The predicted octanol–water partition coefficient (Wildman–Crippen LogP) is 4.42. The summed E-state index contributed by atoms with van der Waals surface area (Å²) >= 11 is 0. The van der Waals surface area contributed by atoms with Crippen LogP contribution in [0, 0.1) is 5.92 Å². The third-order valence-corrected chi connectivity index (χ3v) is 4.36. The second-order valence-electron chi connectivity index (χ2n) is 7.70. The van der Waals surface area contributed by atoms with E-state index in [-0.39, 0.29) is 12.1 Å². The second kappa shape index (κ2) is 8.52. The van der Waals surface area contributed by atoms with Gasteiger partial charge in [0.05, 0.1) is 6.04 Å². The maximum absolute atomic E-state index is 12.2. The lowest BCUT2D eigenvalue weighted by atomic mass is 10.0. The van der Waals surface area contributed by atoms with E-state index in [1.54, 1.807) is 0 Å². The molecular formula is C20H32N2O2. The molecule has 2 N–H and O–H groups in total. The number of benzene rings is 1. The fourth-order valence-electron chi connectivity index (χ4n) is 3.01. The Morgan fingerprint density at radius 1 is 1.25 bits per heavy atom. The molecule has 0 spiro atoms. The second-order valence-corrected chi connectivity index (χ2v) is 7.70. The van der Waals surface area contributed by atoms with Crippen molar-refractivity contribution in [1.82, 2.24) is 10.6 Å². The van der Waals surface area contributed by atoms with Gasteiger partial charge in [-0.2, -0.15) is 0 Å². The summed E-state index contributed by atoms with van der Waals surface area (Å²) in [5, 5.41) is 6.69. The zero-order chi connectivity index (χ0) is 17.6. The van der Waals surface area contributed by atoms with Crippen LogP contribution in [-0.2, 0) is 4.74 Å². The minimum Gasteiger partial charge on any atom is -0.444 e. The highest BCUT2D eigenvalue weighted by atomic mass is 16.6. The van der Waals surface area contributed by atoms with Gasteiger partial charge in [-0.25, -0.2) is 4.79 Å². The van der Waals surface area contributed by atoms with Gasteiger partial charge in [-0.05, 0) is 64.5 Å². The largest absolute Gasteiger partial charge is 0.444 e. The number of alkyl carbamates (subject to hydrolysis) is 1. The van der Waals surface area contributed by atoms with E-state index in [9.17, 15) is 4.79 Å². The number of nitrogens with one attached hydrogen (secondary N) is 2. The van der Waals surface area contributed by atoms with Crippen molar-refractivity contribution >= 4 is 6.09 Å². The van der Waals surface area contributed by atoms with E-state index in [1.165, 1.54) is 19.3 Å². The van der Waals surface area contributed by atoms with Crippen LogP contribution in [0.4, 0.5) is 4.79 Å². The highest BCUT2D eigenvalue weighted by molar-refractivity contribution is 5.68. The quantitative estimate of drug-likeness (QED) is 0.741. The Morgan fingerprint density at radius 2 is 1.92 bits per heavy atom. The summed E-state index contributed by atoms with van der Waals surface area (Å²) in [4.78, 5) is 12.2. The van der Waals surface area contributed by atoms with Gasteiger partial charge < -0.3 is 15.4 Å². The fourth-order valence-corrected chi connectivity index (χ4v) is 3.01. The zero-order valence-corrected chi connectivity index (χ0v) is 15.5. The van der Waals surface area contributed by atoms with Crippen LogP contribution in [0.15, 0.2) is 30.3 Å². The fraction of sp³-hybridized carbons (Fsp3) is 0.650. The Bertz CT molecular complexity index is 506. The third-order valence-electron chi connectivity index (χ3n) is 4.36. The minimum atomic E-state index is -0.483. The van der Waals surface area contributed by atoms with E-state index in [1.807, 2.05) is 39.0 Å². The van der Waals surface area contributed by atoms with Gasteiger partial charge in [0.1, 0.15) is 5.60 Å². The summed E-state index contributed by atoms with van der Waals surface area (Å²) in [5.41, 5.74) is 0.632. The molecule has 2 atom stereocenters. The summed E-state index contributed by atoms with van der Waals surface area (Å²) < 4.78 is 5.42. The SMILES string of the molecule is CCC(NCCC(NC(=O)OC(C)(C)C)c1ccccc1)C1CC1. The lowest BCUT2D eigenvalue weighted by Crippen LogP contribution is -2.37. The van der Waals surface area contributed by atoms with Crippen LogP contribution in [-0.4, -0.2) is 24.3 Å². The molecule has 4 nitrogen and oxygen atoms in total. The van der Waals surface area contributed by atoms with Crippen molar-refractivity contribution in [2.75, 3.05) is 6.54 Å². The molecule has 1 aromatic rings. The van der Waals surface area contributed by atoms with Crippen molar-refractivity contribution in [3.63, 3.8) is 0 Å². The molecule has 0 aliphatic heterocycles. The van der Waals surface area contributed by atoms with Crippen molar-refractivity contribution < 1.29 is 9.53 Å². The van der Waals surface area contributed by atoms with Gasteiger partial charge in [0.25, 0.3) is 0 Å². The third kappa shape index (κ3) is 6.52. The number of ether oxygens (including phenoxy) is 1. The predicted molar refractivity (Wildman–Crippen MR) is 98.0 cm³/mol. The number of hydrogen-bond donors (Lipinski definition) is 2. The van der Waals surface area contributed by atoms with Gasteiger partial charge in [0.15, 0.2) is 0 Å². The zero-order valence-electron chi connectivity index (χ0n) is 15.5. The first-order chi connectivity index (χ1) is 11.4. The smallest absolute Gasteiger partial charge is 0.408 e. The van der Waals surface area contributed by atoms with Crippen LogP contribution in [0.2, 0.25) is 0 Å². The summed E-state index contributed by atoms with van der Waals surface area (Å²) in [6.45, 7) is 8.78. The molecule has 0 heterocycles. The molecule has 1 aliphatic carbocycles. The molecular weight excluding hydrogens is 300 g/mol. The number of carbonyl (C=O) groups is 1. The molecule has 134 valence electrons. The molecule has 1 amide bonds. The van der Waals surface area contributed by atoms with Gasteiger partial charge in [0, 0.05) is 6.04 Å². The maximum atomic E-state index is 12.2. The first-order valence-electron chi connectivity index (χ1n) is 9.17. The minimum absolute atomic E-state index is 0.0368. The van der Waals surface area contributed by atoms with Crippen LogP contribution >= 0.6 is 0 Å². The molecule has 1 aliphatic rings. The van der Waals surface area contributed by atoms with Gasteiger partial charge in [0.2, 0.25) is 0 Å². The Hall–Kier alpha value is -1.55. The van der Waals surface area contributed by atoms with Crippen LogP contribution in [0.25, 0.3) is 0 Å². The number of amides is 1. The Morgan fingerprint density at radius 3 is 2.46 bits per heavy atom. The van der Waals surface area contributed by atoms with Gasteiger partial charge in [-0.1, -0.05) is 37.3 Å². The van der Waals surface area contributed by atoms with Crippen LogP contribution in [0.3, 0.4) is 0 Å². The van der Waals surface area contributed by atoms with Crippen molar-refractivity contribution in [2.24, 2.45) is 5.92 Å². The monoisotopic (exact) mass is 332 g/mol. The topological polar surface area (TPSA) is 50.4 Å². The van der Waals surface area contributed by atoms with Crippen molar-refractivity contribution in [1.29, 1.82) is 0 Å². The molecule has 1 fully saturated rings. The summed E-state index contributed by atoms with van der Waals surface area (Å²) in [5.74, 6) is 0.851. The summed E-state index contributed by atoms with van der Waals surface area (Å²) in [7, 11) is 0. The van der Waals surface area contributed by atoms with E-state index in [0.717, 1.165) is 24.4 Å². The first-order valence-corrected chi connectivity index (χ1v) is 9.17. The van der Waals surface area contributed by atoms with Gasteiger partial charge in [-0.15, -0.1) is 0 Å². The molecule has 24 heavy (non-hydrogen) atoms. The Balaban J connectivity index is 1.91. The lowest BCUT2D eigenvalue weighted by Gasteiger charge is -2.25. The standard InChI is InChI=1S/C20H32N2O2/c1-5-17(16-11-12-16)21-14-13-18(15-9-7-6-8-10-15)22-19(23)24-20(2,3)4/h6-10,16-18,21H,5,11-14H2,1-4H3,(H,22,23). The van der Waals surface area contributed by atoms with Gasteiger partial charge in [-0.3, -0.25) is 0 Å². The molecule has 2 rings (SSSR count). The van der Waals surface area contributed by atoms with Crippen LogP contribution in [0.5, 0.6) is 0 Å². The Kier molecular flexibility index (Phi) is 6.67. The Labute approximate surface area is 146 Å². The molecule has 0 saturated heterocycles. The van der Waals surface area contributed by atoms with Crippen LogP contribution < -0.4 is 10.6 Å². The number of rotatable bonds is 8. The van der Waals surface area contributed by atoms with Crippen molar-refractivity contribution in [3.05, 3.63) is 35.9 Å². The molecule has 0 bridgehead atoms. The number of hydrogen-bond acceptors (Lipinski definition) is 3. The van der Waals surface area contributed by atoms with E-state index >= 15 is 0 Å². The lowest BCUT2D eigenvalue weighted by molar-refractivity contribution is 0.0501. The number of carbonyl (C=O) groups excluding carboxylic acids is 1. The normalized spacial score (nSPS) is 17.2. The molecule has 0 aromatic heterocycles. The molecule has 2 unspecified atom stereocenters.